The standard InChI is InChI=1S/C9H6BrClN2OS/c10-8-5-15-9(13-8)14-4-7-2-1-6(11)3-12-7/h1-3,5H,4H2. The molecular weight excluding hydrogens is 300 g/mol. The minimum Gasteiger partial charge on any atom is -0.463 e. The Balaban J connectivity index is 1.96. The van der Waals surface area contributed by atoms with Crippen molar-refractivity contribution in [1.29, 1.82) is 0 Å². The highest BCUT2D eigenvalue weighted by Crippen LogP contribution is 2.22. The van der Waals surface area contributed by atoms with Crippen molar-refractivity contribution in [3.63, 3.8) is 0 Å². The maximum absolute atomic E-state index is 5.71. The summed E-state index contributed by atoms with van der Waals surface area (Å²) in [5, 5.41) is 3.11. The molecular formula is C9H6BrClN2OS. The van der Waals surface area contributed by atoms with Crippen LogP contribution in [-0.2, 0) is 6.61 Å². The fourth-order valence-corrected chi connectivity index (χ4v) is 2.13. The smallest absolute Gasteiger partial charge is 0.274 e. The Kier molecular flexibility index (Phi) is 3.56. The van der Waals surface area contributed by atoms with Crippen molar-refractivity contribution in [2.75, 3.05) is 0 Å². The lowest BCUT2D eigenvalue weighted by atomic mass is 10.4. The van der Waals surface area contributed by atoms with Crippen molar-refractivity contribution in [2.45, 2.75) is 6.61 Å². The number of nitrogens with zero attached hydrogens (tertiary/aromatic N) is 2. The molecule has 0 saturated heterocycles. The molecule has 0 unspecified atom stereocenters. The first kappa shape index (κ1) is 10.9. The van der Waals surface area contributed by atoms with Crippen LogP contribution >= 0.6 is 38.9 Å². The molecule has 0 radical (unpaired) electrons. The molecule has 0 atom stereocenters. The lowest BCUT2D eigenvalue weighted by Gasteiger charge is -2.01. The van der Waals surface area contributed by atoms with Crippen LogP contribution in [-0.4, -0.2) is 9.97 Å². The quantitative estimate of drug-likeness (QED) is 0.870. The van der Waals surface area contributed by atoms with E-state index in [2.05, 4.69) is 25.9 Å². The molecule has 0 aliphatic heterocycles. The first-order valence-corrected chi connectivity index (χ1v) is 6.13. The number of rotatable bonds is 3. The monoisotopic (exact) mass is 304 g/mol. The topological polar surface area (TPSA) is 35.0 Å². The van der Waals surface area contributed by atoms with E-state index >= 15 is 0 Å². The Morgan fingerprint density at radius 1 is 1.47 bits per heavy atom. The first-order valence-electron chi connectivity index (χ1n) is 4.08. The van der Waals surface area contributed by atoms with Gasteiger partial charge in [0.2, 0.25) is 0 Å². The normalized spacial score (nSPS) is 10.3. The van der Waals surface area contributed by atoms with Gasteiger partial charge in [0.1, 0.15) is 11.2 Å². The summed E-state index contributed by atoms with van der Waals surface area (Å²) < 4.78 is 6.21. The second-order valence-electron chi connectivity index (χ2n) is 2.69. The minimum absolute atomic E-state index is 0.400. The van der Waals surface area contributed by atoms with Crippen LogP contribution in [0.2, 0.25) is 5.02 Å². The second-order valence-corrected chi connectivity index (χ2v) is 4.76. The maximum Gasteiger partial charge on any atom is 0.274 e. The molecule has 2 aromatic rings. The van der Waals surface area contributed by atoms with Crippen LogP contribution in [0.25, 0.3) is 0 Å². The number of thiazole rings is 1. The molecule has 6 heteroatoms. The van der Waals surface area contributed by atoms with Gasteiger partial charge in [-0.2, -0.15) is 4.98 Å². The van der Waals surface area contributed by atoms with E-state index in [4.69, 9.17) is 16.3 Å². The lowest BCUT2D eigenvalue weighted by molar-refractivity contribution is 0.299. The number of ether oxygens (including phenoxy) is 1. The highest BCUT2D eigenvalue weighted by Gasteiger charge is 2.01. The summed E-state index contributed by atoms with van der Waals surface area (Å²) in [5.74, 6) is 0. The molecule has 0 aliphatic carbocycles. The Hall–Kier alpha value is -0.650. The molecule has 0 aliphatic rings. The third-order valence-corrected chi connectivity index (χ3v) is 3.27. The van der Waals surface area contributed by atoms with E-state index < -0.39 is 0 Å². The van der Waals surface area contributed by atoms with Crippen molar-refractivity contribution in [3.05, 3.63) is 39.0 Å². The predicted molar refractivity (Wildman–Crippen MR) is 63.4 cm³/mol. The third kappa shape index (κ3) is 3.15. The van der Waals surface area contributed by atoms with Crippen LogP contribution < -0.4 is 4.74 Å². The van der Waals surface area contributed by atoms with Gasteiger partial charge in [0.25, 0.3) is 5.19 Å². The maximum atomic E-state index is 5.71. The summed E-state index contributed by atoms with van der Waals surface area (Å²) >= 11 is 10.4. The van der Waals surface area contributed by atoms with Crippen LogP contribution in [0, 0.1) is 0 Å². The van der Waals surface area contributed by atoms with Gasteiger partial charge >= 0.3 is 0 Å². The van der Waals surface area contributed by atoms with Crippen molar-refractivity contribution < 1.29 is 4.74 Å². The molecule has 0 aromatic carbocycles. The highest BCUT2D eigenvalue weighted by molar-refractivity contribution is 9.10. The van der Waals surface area contributed by atoms with Gasteiger partial charge in [-0.3, -0.25) is 4.98 Å². The molecule has 2 heterocycles. The zero-order chi connectivity index (χ0) is 10.7. The van der Waals surface area contributed by atoms with Gasteiger partial charge < -0.3 is 4.74 Å². The molecule has 2 aromatic heterocycles. The molecule has 78 valence electrons. The molecule has 0 saturated carbocycles. The molecule has 15 heavy (non-hydrogen) atoms. The highest BCUT2D eigenvalue weighted by atomic mass is 79.9. The van der Waals surface area contributed by atoms with E-state index in [1.807, 2.05) is 11.4 Å². The Morgan fingerprint density at radius 2 is 2.33 bits per heavy atom. The van der Waals surface area contributed by atoms with Crippen LogP contribution in [0.1, 0.15) is 5.69 Å². The molecule has 0 N–H and O–H groups in total. The zero-order valence-corrected chi connectivity index (χ0v) is 10.6. The van der Waals surface area contributed by atoms with Gasteiger partial charge in [-0.1, -0.05) is 22.9 Å². The summed E-state index contributed by atoms with van der Waals surface area (Å²) in [7, 11) is 0. The van der Waals surface area contributed by atoms with Crippen LogP contribution in [0.3, 0.4) is 0 Å². The number of aromatic nitrogens is 2. The van der Waals surface area contributed by atoms with E-state index in [0.29, 0.717) is 16.8 Å². The van der Waals surface area contributed by atoms with E-state index in [9.17, 15) is 0 Å². The fraction of sp³-hybridized carbons (Fsp3) is 0.111. The molecule has 0 spiro atoms. The van der Waals surface area contributed by atoms with Gasteiger partial charge in [0, 0.05) is 11.6 Å². The molecule has 0 fully saturated rings. The summed E-state index contributed by atoms with van der Waals surface area (Å²) in [4.78, 5) is 8.21. The average molecular weight is 306 g/mol. The number of hydrogen-bond acceptors (Lipinski definition) is 4. The molecule has 0 amide bonds. The van der Waals surface area contributed by atoms with Gasteiger partial charge in [0.15, 0.2) is 0 Å². The largest absolute Gasteiger partial charge is 0.463 e. The predicted octanol–water partition coefficient (Wildman–Crippen LogP) is 3.53. The SMILES string of the molecule is Clc1ccc(COc2nc(Br)cs2)nc1. The first-order chi connectivity index (χ1) is 7.24. The Morgan fingerprint density at radius 3 is 2.93 bits per heavy atom. The van der Waals surface area contributed by atoms with Crippen LogP contribution in [0.4, 0.5) is 0 Å². The van der Waals surface area contributed by atoms with Crippen molar-refractivity contribution in [1.82, 2.24) is 9.97 Å². The van der Waals surface area contributed by atoms with Crippen molar-refractivity contribution in [2.24, 2.45) is 0 Å². The lowest BCUT2D eigenvalue weighted by Crippen LogP contribution is -1.97. The second kappa shape index (κ2) is 4.92. The Labute approximate surface area is 104 Å². The molecule has 3 nitrogen and oxygen atoms in total. The van der Waals surface area contributed by atoms with Crippen molar-refractivity contribution in [3.8, 4) is 5.19 Å². The Bertz CT molecular complexity index is 446. The third-order valence-electron chi connectivity index (χ3n) is 1.59. The van der Waals surface area contributed by atoms with E-state index in [0.717, 1.165) is 10.3 Å². The molecule has 2 rings (SSSR count). The molecule has 0 bridgehead atoms. The summed E-state index contributed by atoms with van der Waals surface area (Å²) in [6, 6.07) is 3.61. The summed E-state index contributed by atoms with van der Waals surface area (Å²) in [5.41, 5.74) is 0.825. The van der Waals surface area contributed by atoms with E-state index in [1.165, 1.54) is 11.3 Å². The van der Waals surface area contributed by atoms with Crippen molar-refractivity contribution >= 4 is 38.9 Å². The average Bonchev–Trinajstić information content (AvgIpc) is 2.64. The summed E-state index contributed by atoms with van der Waals surface area (Å²) in [6.45, 7) is 0.400. The fourth-order valence-electron chi connectivity index (χ4n) is 0.933. The van der Waals surface area contributed by atoms with Gasteiger partial charge in [-0.15, -0.1) is 0 Å². The van der Waals surface area contributed by atoms with Crippen LogP contribution in [0.15, 0.2) is 28.3 Å². The van der Waals surface area contributed by atoms with Crippen LogP contribution in [0.5, 0.6) is 5.19 Å². The van der Waals surface area contributed by atoms with Gasteiger partial charge in [-0.25, -0.2) is 0 Å². The van der Waals surface area contributed by atoms with E-state index in [-0.39, 0.29) is 0 Å². The van der Waals surface area contributed by atoms with Gasteiger partial charge in [-0.05, 0) is 28.1 Å². The van der Waals surface area contributed by atoms with E-state index in [1.54, 1.807) is 12.3 Å². The number of pyridine rings is 1. The number of hydrogen-bond donors (Lipinski definition) is 0. The minimum atomic E-state index is 0.400. The van der Waals surface area contributed by atoms with Gasteiger partial charge in [0.05, 0.1) is 10.7 Å². The zero-order valence-electron chi connectivity index (χ0n) is 7.48. The number of halogens is 2. The summed E-state index contributed by atoms with van der Waals surface area (Å²) in [6.07, 6.45) is 1.60.